The van der Waals surface area contributed by atoms with Crippen LogP contribution in [0.15, 0.2) is 0 Å². The van der Waals surface area contributed by atoms with Crippen LogP contribution >= 0.6 is 0 Å². The van der Waals surface area contributed by atoms with Crippen molar-refractivity contribution in [2.75, 3.05) is 13.1 Å². The second-order valence-electron chi connectivity index (χ2n) is 5.79. The summed E-state index contributed by atoms with van der Waals surface area (Å²) < 4.78 is 6.07. The Hall–Kier alpha value is -0.810. The largest absolute Gasteiger partial charge is 0.465 e. The number of hydrogen-bond donors (Lipinski definition) is 3. The normalized spacial score (nSPS) is 38.4. The molecule has 2 heterocycles. The lowest BCUT2D eigenvalue weighted by Crippen LogP contribution is -2.55. The molecular formula is C11H20N2O3. The molecule has 3 N–H and O–H groups in total. The van der Waals surface area contributed by atoms with Gasteiger partial charge in [0.15, 0.2) is 0 Å². The number of nitrogens with one attached hydrogen (secondary N) is 2. The van der Waals surface area contributed by atoms with Crippen LogP contribution < -0.4 is 10.6 Å². The van der Waals surface area contributed by atoms with Crippen LogP contribution in [0.25, 0.3) is 0 Å². The lowest BCUT2D eigenvalue weighted by atomic mass is 9.74. The molecule has 2 saturated heterocycles. The third kappa shape index (κ3) is 1.78. The van der Waals surface area contributed by atoms with E-state index >= 15 is 0 Å². The Labute approximate surface area is 95.5 Å². The van der Waals surface area contributed by atoms with Crippen molar-refractivity contribution in [1.29, 1.82) is 0 Å². The SMILES string of the molecule is CC(C)(C)C12CNCC(O1)C(NC(=O)O)C2. The smallest absolute Gasteiger partial charge is 0.404 e. The molecule has 0 saturated carbocycles. The van der Waals surface area contributed by atoms with Crippen LogP contribution in [0, 0.1) is 5.41 Å². The Balaban J connectivity index is 2.17. The van der Waals surface area contributed by atoms with Crippen LogP contribution in [0.5, 0.6) is 0 Å². The van der Waals surface area contributed by atoms with E-state index in [2.05, 4.69) is 31.4 Å². The second-order valence-corrected chi connectivity index (χ2v) is 5.79. The molecule has 2 aliphatic rings. The van der Waals surface area contributed by atoms with Gasteiger partial charge in [0.25, 0.3) is 0 Å². The van der Waals surface area contributed by atoms with E-state index in [1.807, 2.05) is 0 Å². The predicted octanol–water partition coefficient (Wildman–Crippen LogP) is 0.800. The molecule has 2 bridgehead atoms. The third-order valence-electron chi connectivity index (χ3n) is 3.81. The highest BCUT2D eigenvalue weighted by Gasteiger charge is 2.55. The van der Waals surface area contributed by atoms with Crippen molar-refractivity contribution in [1.82, 2.24) is 10.6 Å². The van der Waals surface area contributed by atoms with Gasteiger partial charge in [0.1, 0.15) is 0 Å². The summed E-state index contributed by atoms with van der Waals surface area (Å²) in [6.07, 6.45) is -0.255. The summed E-state index contributed by atoms with van der Waals surface area (Å²) in [7, 11) is 0. The van der Waals surface area contributed by atoms with Crippen LogP contribution in [0.3, 0.4) is 0 Å². The first kappa shape index (κ1) is 11.7. The molecule has 0 aromatic carbocycles. The molecule has 92 valence electrons. The fourth-order valence-corrected chi connectivity index (χ4v) is 2.67. The van der Waals surface area contributed by atoms with Gasteiger partial charge < -0.3 is 20.5 Å². The topological polar surface area (TPSA) is 70.6 Å². The number of rotatable bonds is 1. The molecule has 2 aliphatic heterocycles. The number of ether oxygens (including phenoxy) is 1. The van der Waals surface area contributed by atoms with Crippen molar-refractivity contribution in [3.8, 4) is 0 Å². The summed E-state index contributed by atoms with van der Waals surface area (Å²) in [6, 6.07) is -0.0910. The van der Waals surface area contributed by atoms with E-state index in [0.29, 0.717) is 0 Å². The summed E-state index contributed by atoms with van der Waals surface area (Å²) in [4.78, 5) is 10.7. The highest BCUT2D eigenvalue weighted by Crippen LogP contribution is 2.45. The number of carbonyl (C=O) groups is 1. The zero-order chi connectivity index (χ0) is 12.0. The highest BCUT2D eigenvalue weighted by atomic mass is 16.5. The molecule has 5 nitrogen and oxygen atoms in total. The number of carboxylic acid groups (broad SMARTS) is 1. The van der Waals surface area contributed by atoms with Gasteiger partial charge in [0.05, 0.1) is 17.7 Å². The first-order valence-corrected chi connectivity index (χ1v) is 5.72. The van der Waals surface area contributed by atoms with Gasteiger partial charge >= 0.3 is 6.09 Å². The summed E-state index contributed by atoms with van der Waals surface area (Å²) in [6.45, 7) is 7.94. The minimum absolute atomic E-state index is 0.00754. The number of fused-ring (bicyclic) bond motifs is 2. The first-order chi connectivity index (χ1) is 7.34. The van der Waals surface area contributed by atoms with Crippen LogP contribution in [0.2, 0.25) is 0 Å². The Kier molecular flexibility index (Phi) is 2.62. The van der Waals surface area contributed by atoms with Gasteiger partial charge in [-0.15, -0.1) is 0 Å². The monoisotopic (exact) mass is 228 g/mol. The number of hydrogen-bond acceptors (Lipinski definition) is 3. The molecule has 5 heteroatoms. The first-order valence-electron chi connectivity index (χ1n) is 5.72. The third-order valence-corrected chi connectivity index (χ3v) is 3.81. The summed E-state index contributed by atoms with van der Waals surface area (Å²) in [5, 5.41) is 14.7. The van der Waals surface area contributed by atoms with E-state index in [0.717, 1.165) is 19.5 Å². The minimum atomic E-state index is -0.967. The van der Waals surface area contributed by atoms with Gasteiger partial charge in [-0.3, -0.25) is 0 Å². The average molecular weight is 228 g/mol. The molecule has 1 amide bonds. The van der Waals surface area contributed by atoms with Crippen molar-refractivity contribution in [2.45, 2.75) is 44.9 Å². The van der Waals surface area contributed by atoms with Gasteiger partial charge in [0.2, 0.25) is 0 Å². The fourth-order valence-electron chi connectivity index (χ4n) is 2.67. The Bertz CT molecular complexity index is 300. The van der Waals surface area contributed by atoms with Crippen molar-refractivity contribution < 1.29 is 14.6 Å². The molecular weight excluding hydrogens is 208 g/mol. The molecule has 0 aliphatic carbocycles. The van der Waals surface area contributed by atoms with E-state index in [9.17, 15) is 4.79 Å². The van der Waals surface area contributed by atoms with Gasteiger partial charge in [-0.2, -0.15) is 0 Å². The molecule has 2 rings (SSSR count). The van der Waals surface area contributed by atoms with Crippen molar-refractivity contribution >= 4 is 6.09 Å². The van der Waals surface area contributed by atoms with E-state index < -0.39 is 6.09 Å². The second kappa shape index (κ2) is 3.60. The van der Waals surface area contributed by atoms with Gasteiger partial charge in [-0.25, -0.2) is 4.79 Å². The fraction of sp³-hybridized carbons (Fsp3) is 0.909. The molecule has 0 radical (unpaired) electrons. The Morgan fingerprint density at radius 2 is 2.25 bits per heavy atom. The van der Waals surface area contributed by atoms with Crippen molar-refractivity contribution in [3.05, 3.63) is 0 Å². The maximum atomic E-state index is 10.7. The van der Waals surface area contributed by atoms with Crippen LogP contribution in [-0.2, 0) is 4.74 Å². The molecule has 3 unspecified atom stereocenters. The van der Waals surface area contributed by atoms with E-state index in [1.54, 1.807) is 0 Å². The van der Waals surface area contributed by atoms with Crippen LogP contribution in [0.1, 0.15) is 27.2 Å². The molecule has 0 spiro atoms. The standard InChI is InChI=1S/C11H20N2O3/c1-10(2,3)11-4-7(13-9(14)15)8(16-11)5-12-6-11/h7-8,12-13H,4-6H2,1-3H3,(H,14,15). The van der Waals surface area contributed by atoms with Gasteiger partial charge in [-0.05, 0) is 5.41 Å². The summed E-state index contributed by atoms with van der Waals surface area (Å²) in [5.41, 5.74) is -0.239. The van der Waals surface area contributed by atoms with Gasteiger partial charge in [-0.1, -0.05) is 20.8 Å². The maximum absolute atomic E-state index is 10.7. The lowest BCUT2D eigenvalue weighted by molar-refractivity contribution is -0.126. The predicted molar refractivity (Wildman–Crippen MR) is 59.5 cm³/mol. The zero-order valence-electron chi connectivity index (χ0n) is 10.0. The quantitative estimate of drug-likeness (QED) is 0.621. The Morgan fingerprint density at radius 1 is 1.56 bits per heavy atom. The van der Waals surface area contributed by atoms with Crippen molar-refractivity contribution in [2.24, 2.45) is 5.41 Å². The molecule has 0 aromatic heterocycles. The van der Waals surface area contributed by atoms with Crippen LogP contribution in [-0.4, -0.2) is 42.0 Å². The minimum Gasteiger partial charge on any atom is -0.465 e. The number of morpholine rings is 1. The molecule has 3 atom stereocenters. The van der Waals surface area contributed by atoms with E-state index in [1.165, 1.54) is 0 Å². The number of amides is 1. The Morgan fingerprint density at radius 3 is 2.75 bits per heavy atom. The lowest BCUT2D eigenvalue weighted by Gasteiger charge is -2.44. The van der Waals surface area contributed by atoms with Gasteiger partial charge in [0, 0.05) is 19.5 Å². The zero-order valence-corrected chi connectivity index (χ0v) is 10.0. The average Bonchev–Trinajstić information content (AvgIpc) is 2.37. The summed E-state index contributed by atoms with van der Waals surface area (Å²) in [5.74, 6) is 0. The summed E-state index contributed by atoms with van der Waals surface area (Å²) >= 11 is 0. The molecule has 0 aromatic rings. The highest BCUT2D eigenvalue weighted by molar-refractivity contribution is 5.65. The molecule has 16 heavy (non-hydrogen) atoms. The van der Waals surface area contributed by atoms with Crippen LogP contribution in [0.4, 0.5) is 4.79 Å². The maximum Gasteiger partial charge on any atom is 0.404 e. The molecule has 2 fully saturated rings. The van der Waals surface area contributed by atoms with Crippen molar-refractivity contribution in [3.63, 3.8) is 0 Å². The van der Waals surface area contributed by atoms with E-state index in [-0.39, 0.29) is 23.2 Å². The van der Waals surface area contributed by atoms with E-state index in [4.69, 9.17) is 9.84 Å².